The number of rotatable bonds is 5. The first-order valence-electron chi connectivity index (χ1n) is 9.91. The number of halogens is 2. The Balaban J connectivity index is 1.59. The van der Waals surface area contributed by atoms with Gasteiger partial charge < -0.3 is 14.6 Å². The molecule has 9 heteroatoms. The van der Waals surface area contributed by atoms with Crippen LogP contribution >= 0.6 is 0 Å². The number of imidazole rings is 1. The third-order valence-corrected chi connectivity index (χ3v) is 6.69. The van der Waals surface area contributed by atoms with E-state index in [9.17, 15) is 17.2 Å². The molecule has 0 fully saturated rings. The summed E-state index contributed by atoms with van der Waals surface area (Å²) in [5.41, 5.74) is 4.00. The molecule has 0 bridgehead atoms. The lowest BCUT2D eigenvalue weighted by atomic mass is 10.0. The molecule has 1 aliphatic heterocycles. The van der Waals surface area contributed by atoms with Crippen LogP contribution in [0.15, 0.2) is 71.6 Å². The molecule has 3 aromatic carbocycles. The van der Waals surface area contributed by atoms with Gasteiger partial charge in [0.1, 0.15) is 5.75 Å². The molecule has 1 N–H and O–H groups in total. The summed E-state index contributed by atoms with van der Waals surface area (Å²) in [6.45, 7) is -2.42. The van der Waals surface area contributed by atoms with Crippen LogP contribution in [0.2, 0.25) is 0 Å². The van der Waals surface area contributed by atoms with Crippen LogP contribution in [0.1, 0.15) is 11.6 Å². The lowest BCUT2D eigenvalue weighted by molar-refractivity contribution is -0.0506. The molecule has 1 aromatic heterocycles. The first kappa shape index (κ1) is 20.4. The number of para-hydroxylation sites is 1. The number of anilines is 1. The van der Waals surface area contributed by atoms with Gasteiger partial charge in [-0.05, 0) is 41.5 Å². The first-order valence-corrected chi connectivity index (χ1v) is 11.8. The number of hydrogen-bond acceptors (Lipinski definition) is 5. The fraction of sp³-hybridized carbons (Fsp3) is 0.174. The van der Waals surface area contributed by atoms with Gasteiger partial charge in [-0.2, -0.15) is 8.78 Å². The zero-order chi connectivity index (χ0) is 22.5. The maximum absolute atomic E-state index is 12.9. The Morgan fingerprint density at radius 2 is 1.78 bits per heavy atom. The lowest BCUT2D eigenvalue weighted by Gasteiger charge is -2.18. The van der Waals surface area contributed by atoms with E-state index in [1.54, 1.807) is 42.5 Å². The van der Waals surface area contributed by atoms with Crippen LogP contribution in [-0.4, -0.2) is 37.4 Å². The van der Waals surface area contributed by atoms with Crippen molar-refractivity contribution in [2.45, 2.75) is 17.5 Å². The van der Waals surface area contributed by atoms with Crippen LogP contribution in [0, 0.1) is 0 Å². The highest BCUT2D eigenvalue weighted by molar-refractivity contribution is 7.90. The molecule has 0 spiro atoms. The fourth-order valence-electron chi connectivity index (χ4n) is 4.09. The Hall–Kier alpha value is -3.46. The van der Waals surface area contributed by atoms with Crippen molar-refractivity contribution in [2.75, 3.05) is 18.1 Å². The van der Waals surface area contributed by atoms with Crippen LogP contribution in [0.4, 0.5) is 14.7 Å². The fourth-order valence-corrected chi connectivity index (χ4v) is 4.73. The minimum atomic E-state index is -3.27. The van der Waals surface area contributed by atoms with Gasteiger partial charge >= 0.3 is 6.61 Å². The van der Waals surface area contributed by atoms with Gasteiger partial charge in [0.05, 0.1) is 22.0 Å². The van der Waals surface area contributed by atoms with E-state index < -0.39 is 16.4 Å². The predicted octanol–water partition coefficient (Wildman–Crippen LogP) is 4.72. The van der Waals surface area contributed by atoms with Crippen molar-refractivity contribution in [1.29, 1.82) is 0 Å². The second-order valence-corrected chi connectivity index (χ2v) is 9.63. The second-order valence-electron chi connectivity index (χ2n) is 7.62. The van der Waals surface area contributed by atoms with E-state index in [0.29, 0.717) is 18.1 Å². The summed E-state index contributed by atoms with van der Waals surface area (Å²) in [5, 5.41) is 3.24. The van der Waals surface area contributed by atoms with Crippen LogP contribution in [0.5, 0.6) is 5.75 Å². The van der Waals surface area contributed by atoms with Gasteiger partial charge in [0.2, 0.25) is 5.95 Å². The summed E-state index contributed by atoms with van der Waals surface area (Å²) in [4.78, 5) is 4.88. The summed E-state index contributed by atoms with van der Waals surface area (Å²) in [6, 6.07) is 19.0. The van der Waals surface area contributed by atoms with E-state index in [1.807, 2.05) is 22.8 Å². The van der Waals surface area contributed by atoms with Crippen LogP contribution in [-0.2, 0) is 9.84 Å². The molecule has 1 unspecified atom stereocenters. The Labute approximate surface area is 183 Å². The molecule has 32 heavy (non-hydrogen) atoms. The Bertz CT molecular complexity index is 1420. The van der Waals surface area contributed by atoms with Crippen LogP contribution in [0.25, 0.3) is 22.2 Å². The van der Waals surface area contributed by atoms with Gasteiger partial charge in [0, 0.05) is 18.4 Å². The van der Waals surface area contributed by atoms with Gasteiger partial charge in [-0.25, -0.2) is 13.4 Å². The number of nitrogens with one attached hydrogen (secondary N) is 1. The van der Waals surface area contributed by atoms with E-state index >= 15 is 0 Å². The van der Waals surface area contributed by atoms with Crippen molar-refractivity contribution in [1.82, 2.24) is 9.55 Å². The molecule has 0 radical (unpaired) electrons. The van der Waals surface area contributed by atoms with Crippen molar-refractivity contribution >= 4 is 26.8 Å². The van der Waals surface area contributed by atoms with E-state index in [2.05, 4.69) is 10.3 Å². The Kier molecular flexibility index (Phi) is 4.85. The Morgan fingerprint density at radius 1 is 1.06 bits per heavy atom. The molecular weight excluding hydrogens is 436 g/mol. The zero-order valence-corrected chi connectivity index (χ0v) is 17.8. The monoisotopic (exact) mass is 455 g/mol. The summed E-state index contributed by atoms with van der Waals surface area (Å²) in [6.07, 6.45) is 1.17. The van der Waals surface area contributed by atoms with E-state index in [4.69, 9.17) is 4.74 Å². The smallest absolute Gasteiger partial charge is 0.387 e. The highest BCUT2D eigenvalue weighted by Gasteiger charge is 2.29. The first-order chi connectivity index (χ1) is 15.3. The average molecular weight is 455 g/mol. The molecule has 0 aliphatic carbocycles. The number of alkyl halides is 2. The molecule has 4 aromatic rings. The topological polar surface area (TPSA) is 73.2 Å². The number of sulfone groups is 1. The number of hydrogen-bond donors (Lipinski definition) is 1. The van der Waals surface area contributed by atoms with Crippen LogP contribution < -0.4 is 10.1 Å². The van der Waals surface area contributed by atoms with Crippen molar-refractivity contribution in [2.24, 2.45) is 0 Å². The summed E-state index contributed by atoms with van der Waals surface area (Å²) < 4.78 is 56.1. The van der Waals surface area contributed by atoms with Gasteiger partial charge in [-0.1, -0.05) is 36.4 Å². The van der Waals surface area contributed by atoms with Crippen LogP contribution in [0.3, 0.4) is 0 Å². The molecule has 0 saturated carbocycles. The molecule has 2 heterocycles. The summed E-state index contributed by atoms with van der Waals surface area (Å²) >= 11 is 0. The highest BCUT2D eigenvalue weighted by Crippen LogP contribution is 2.38. The van der Waals surface area contributed by atoms with Crippen molar-refractivity contribution < 1.29 is 21.9 Å². The molecule has 5 rings (SSSR count). The van der Waals surface area contributed by atoms with E-state index in [-0.39, 0.29) is 16.7 Å². The SMILES string of the molecule is CS(=O)(=O)c1ccc(-c2ccc3nc4n(c3c2)C(c2ccccc2OC(F)F)CN4)cc1. The van der Waals surface area contributed by atoms with E-state index in [1.165, 1.54) is 12.3 Å². The third-order valence-electron chi connectivity index (χ3n) is 5.56. The van der Waals surface area contributed by atoms with Crippen molar-refractivity contribution in [3.63, 3.8) is 0 Å². The number of nitrogens with zero attached hydrogens (tertiary/aromatic N) is 2. The van der Waals surface area contributed by atoms with Crippen molar-refractivity contribution in [3.05, 3.63) is 72.3 Å². The lowest BCUT2D eigenvalue weighted by Crippen LogP contribution is -2.13. The normalized spacial score (nSPS) is 15.7. The van der Waals surface area contributed by atoms with Gasteiger partial charge in [0.15, 0.2) is 9.84 Å². The van der Waals surface area contributed by atoms with E-state index in [0.717, 1.165) is 22.2 Å². The third kappa shape index (κ3) is 3.58. The average Bonchev–Trinajstić information content (AvgIpc) is 3.32. The second kappa shape index (κ2) is 7.59. The molecule has 0 amide bonds. The minimum Gasteiger partial charge on any atom is -0.434 e. The molecular formula is C23H19F2N3O3S. The largest absolute Gasteiger partial charge is 0.434 e. The zero-order valence-electron chi connectivity index (χ0n) is 17.0. The summed E-state index contributed by atoms with van der Waals surface area (Å²) in [7, 11) is -3.27. The minimum absolute atomic E-state index is 0.136. The van der Waals surface area contributed by atoms with Gasteiger partial charge in [-0.15, -0.1) is 0 Å². The highest BCUT2D eigenvalue weighted by atomic mass is 32.2. The number of aromatic nitrogens is 2. The molecule has 6 nitrogen and oxygen atoms in total. The number of ether oxygens (including phenoxy) is 1. The standard InChI is InChI=1S/C23H19F2N3O3S/c1-32(29,30)16-9-6-14(7-10-16)15-8-11-18-19(12-15)28-20(13-26-23(28)27-18)17-4-2-3-5-21(17)31-22(24)25/h2-12,20,22H,13H2,1H3,(H,26,27). The number of benzene rings is 3. The maximum Gasteiger partial charge on any atom is 0.387 e. The molecule has 1 aliphatic rings. The number of fused-ring (bicyclic) bond motifs is 3. The quantitative estimate of drug-likeness (QED) is 0.471. The molecule has 164 valence electrons. The molecule has 0 saturated heterocycles. The van der Waals surface area contributed by atoms with Gasteiger partial charge in [-0.3, -0.25) is 0 Å². The Morgan fingerprint density at radius 3 is 2.50 bits per heavy atom. The van der Waals surface area contributed by atoms with Crippen molar-refractivity contribution in [3.8, 4) is 16.9 Å². The maximum atomic E-state index is 12.9. The predicted molar refractivity (Wildman–Crippen MR) is 118 cm³/mol. The van der Waals surface area contributed by atoms with Gasteiger partial charge in [0.25, 0.3) is 0 Å². The molecule has 1 atom stereocenters. The summed E-state index contributed by atoms with van der Waals surface area (Å²) in [5.74, 6) is 0.790.